The summed E-state index contributed by atoms with van der Waals surface area (Å²) in [6.07, 6.45) is 3.52. The van der Waals surface area contributed by atoms with Gasteiger partial charge in [-0.05, 0) is 37.0 Å². The fraction of sp³-hybridized carbons (Fsp3) is 0.438. The van der Waals surface area contributed by atoms with Crippen LogP contribution in [0.5, 0.6) is 0 Å². The maximum absolute atomic E-state index is 12.0. The van der Waals surface area contributed by atoms with Crippen LogP contribution in [-0.4, -0.2) is 28.8 Å². The van der Waals surface area contributed by atoms with Crippen LogP contribution in [0.15, 0.2) is 22.5 Å². The average Bonchev–Trinajstić information content (AvgIpc) is 3.24. The molecule has 1 fully saturated rings. The van der Waals surface area contributed by atoms with E-state index in [-0.39, 0.29) is 12.0 Å². The van der Waals surface area contributed by atoms with Gasteiger partial charge in [0, 0.05) is 28.8 Å². The number of carbonyl (C=O) groups excluding carboxylic acids is 1. The standard InChI is InChI=1S/C16H17Cl2N3O2S2/c17-12-4-1-5-13(18)11(12)9-24-16-21-20-15(25-16)19-14(22)7-6-10-3-2-8-23-10/h1,4-5,10H,2-3,6-9H2,(H,19,20,22). The van der Waals surface area contributed by atoms with E-state index < -0.39 is 0 Å². The summed E-state index contributed by atoms with van der Waals surface area (Å²) in [6.45, 7) is 0.804. The number of halogens is 2. The molecule has 1 saturated heterocycles. The van der Waals surface area contributed by atoms with E-state index >= 15 is 0 Å². The molecule has 9 heteroatoms. The monoisotopic (exact) mass is 417 g/mol. The first-order valence-corrected chi connectivity index (χ1v) is 10.5. The van der Waals surface area contributed by atoms with Crippen LogP contribution >= 0.6 is 46.3 Å². The van der Waals surface area contributed by atoms with Crippen molar-refractivity contribution in [3.05, 3.63) is 33.8 Å². The minimum Gasteiger partial charge on any atom is -0.378 e. The lowest BCUT2D eigenvalue weighted by molar-refractivity contribution is -0.116. The molecule has 25 heavy (non-hydrogen) atoms. The number of amides is 1. The van der Waals surface area contributed by atoms with Crippen molar-refractivity contribution in [2.24, 2.45) is 0 Å². The molecular weight excluding hydrogens is 401 g/mol. The summed E-state index contributed by atoms with van der Waals surface area (Å²) in [7, 11) is 0. The van der Waals surface area contributed by atoms with Gasteiger partial charge in [-0.15, -0.1) is 10.2 Å². The van der Waals surface area contributed by atoms with Crippen molar-refractivity contribution in [1.82, 2.24) is 10.2 Å². The Kier molecular flexibility index (Phi) is 6.95. The first-order valence-electron chi connectivity index (χ1n) is 7.92. The average molecular weight is 418 g/mol. The molecule has 134 valence electrons. The molecular formula is C16H17Cl2N3O2S2. The summed E-state index contributed by atoms with van der Waals surface area (Å²) >= 11 is 15.2. The summed E-state index contributed by atoms with van der Waals surface area (Å²) in [4.78, 5) is 12.0. The molecule has 2 aromatic rings. The SMILES string of the molecule is O=C(CCC1CCCO1)Nc1nnc(SCc2c(Cl)cccc2Cl)s1. The smallest absolute Gasteiger partial charge is 0.226 e. The number of carbonyl (C=O) groups is 1. The molecule has 1 N–H and O–H groups in total. The predicted octanol–water partition coefficient (Wildman–Crippen LogP) is 5.03. The van der Waals surface area contributed by atoms with Crippen molar-refractivity contribution >= 4 is 57.3 Å². The third-order valence-corrected chi connectivity index (χ3v) is 6.48. The highest BCUT2D eigenvalue weighted by atomic mass is 35.5. The molecule has 0 saturated carbocycles. The first-order chi connectivity index (χ1) is 12.1. The summed E-state index contributed by atoms with van der Waals surface area (Å²) < 4.78 is 6.28. The van der Waals surface area contributed by atoms with Gasteiger partial charge >= 0.3 is 0 Å². The molecule has 1 aliphatic heterocycles. The molecule has 5 nitrogen and oxygen atoms in total. The molecule has 0 aliphatic carbocycles. The van der Waals surface area contributed by atoms with Gasteiger partial charge in [0.15, 0.2) is 4.34 Å². The third kappa shape index (κ3) is 5.56. The van der Waals surface area contributed by atoms with Crippen LogP contribution in [0, 0.1) is 0 Å². The van der Waals surface area contributed by atoms with Crippen LogP contribution < -0.4 is 5.32 Å². The highest BCUT2D eigenvalue weighted by Gasteiger charge is 2.17. The Morgan fingerprint density at radius 1 is 1.36 bits per heavy atom. The Morgan fingerprint density at radius 3 is 2.88 bits per heavy atom. The Balaban J connectivity index is 1.47. The van der Waals surface area contributed by atoms with E-state index in [0.717, 1.165) is 35.8 Å². The Bertz CT molecular complexity index is 716. The summed E-state index contributed by atoms with van der Waals surface area (Å²) in [5.41, 5.74) is 0.869. The van der Waals surface area contributed by atoms with Gasteiger partial charge in [0.1, 0.15) is 0 Å². The molecule has 1 unspecified atom stereocenters. The van der Waals surface area contributed by atoms with E-state index in [2.05, 4.69) is 15.5 Å². The zero-order valence-electron chi connectivity index (χ0n) is 13.3. The Labute approximate surface area is 164 Å². The van der Waals surface area contributed by atoms with Gasteiger partial charge in [-0.2, -0.15) is 0 Å². The van der Waals surface area contributed by atoms with Crippen LogP contribution in [-0.2, 0) is 15.3 Å². The maximum atomic E-state index is 12.0. The highest BCUT2D eigenvalue weighted by molar-refractivity contribution is 8.00. The zero-order chi connectivity index (χ0) is 17.6. The molecule has 0 radical (unpaired) electrons. The largest absolute Gasteiger partial charge is 0.378 e. The summed E-state index contributed by atoms with van der Waals surface area (Å²) in [5, 5.41) is 12.7. The van der Waals surface area contributed by atoms with Crippen molar-refractivity contribution in [1.29, 1.82) is 0 Å². The van der Waals surface area contributed by atoms with Gasteiger partial charge in [0.05, 0.1) is 6.10 Å². The van der Waals surface area contributed by atoms with Crippen LogP contribution in [0.2, 0.25) is 10.0 Å². The zero-order valence-corrected chi connectivity index (χ0v) is 16.5. The Hall–Kier alpha value is -0.860. The van der Waals surface area contributed by atoms with Crippen molar-refractivity contribution in [2.75, 3.05) is 11.9 Å². The van der Waals surface area contributed by atoms with Gasteiger partial charge in [-0.3, -0.25) is 4.79 Å². The molecule has 1 atom stereocenters. The van der Waals surface area contributed by atoms with Gasteiger partial charge in [0.2, 0.25) is 11.0 Å². The number of nitrogens with zero attached hydrogens (tertiary/aromatic N) is 2. The van der Waals surface area contributed by atoms with Crippen LogP contribution in [0.1, 0.15) is 31.2 Å². The van der Waals surface area contributed by atoms with E-state index in [1.165, 1.54) is 23.1 Å². The maximum Gasteiger partial charge on any atom is 0.226 e. The number of ether oxygens (including phenoxy) is 1. The number of rotatable bonds is 7. The van der Waals surface area contributed by atoms with Gasteiger partial charge in [-0.25, -0.2) is 0 Å². The third-order valence-electron chi connectivity index (χ3n) is 3.77. The minimum atomic E-state index is -0.0580. The van der Waals surface area contributed by atoms with E-state index in [1.54, 1.807) is 0 Å². The molecule has 1 aromatic heterocycles. The first kappa shape index (κ1) is 18.9. The second-order valence-corrected chi connectivity index (χ2v) is 8.60. The Morgan fingerprint density at radius 2 is 2.16 bits per heavy atom. The lowest BCUT2D eigenvalue weighted by Gasteiger charge is -2.07. The summed E-state index contributed by atoms with van der Waals surface area (Å²) in [6, 6.07) is 5.43. The minimum absolute atomic E-state index is 0.0580. The molecule has 0 spiro atoms. The van der Waals surface area contributed by atoms with E-state index in [0.29, 0.717) is 27.4 Å². The molecule has 1 amide bonds. The van der Waals surface area contributed by atoms with E-state index in [1.807, 2.05) is 18.2 Å². The normalized spacial score (nSPS) is 17.0. The lowest BCUT2D eigenvalue weighted by Crippen LogP contribution is -2.15. The van der Waals surface area contributed by atoms with Gasteiger partial charge in [0.25, 0.3) is 0 Å². The van der Waals surface area contributed by atoms with Crippen molar-refractivity contribution in [3.63, 3.8) is 0 Å². The molecule has 3 rings (SSSR count). The fourth-order valence-corrected chi connectivity index (χ4v) is 4.98. The highest BCUT2D eigenvalue weighted by Crippen LogP contribution is 2.33. The number of nitrogens with one attached hydrogen (secondary N) is 1. The second-order valence-electron chi connectivity index (χ2n) is 5.58. The van der Waals surface area contributed by atoms with Crippen molar-refractivity contribution in [2.45, 2.75) is 41.9 Å². The lowest BCUT2D eigenvalue weighted by atomic mass is 10.1. The quantitative estimate of drug-likeness (QED) is 0.505. The van der Waals surface area contributed by atoms with Crippen molar-refractivity contribution < 1.29 is 9.53 Å². The number of aromatic nitrogens is 2. The number of thioether (sulfide) groups is 1. The predicted molar refractivity (Wildman–Crippen MR) is 103 cm³/mol. The molecule has 1 aromatic carbocycles. The molecule has 1 aliphatic rings. The van der Waals surface area contributed by atoms with E-state index in [4.69, 9.17) is 27.9 Å². The number of hydrogen-bond donors (Lipinski definition) is 1. The van der Waals surface area contributed by atoms with Gasteiger partial charge in [-0.1, -0.05) is 52.4 Å². The molecule has 2 heterocycles. The number of benzene rings is 1. The van der Waals surface area contributed by atoms with E-state index in [9.17, 15) is 4.79 Å². The number of hydrogen-bond acceptors (Lipinski definition) is 6. The molecule has 0 bridgehead atoms. The fourth-order valence-electron chi connectivity index (χ4n) is 2.47. The van der Waals surface area contributed by atoms with Gasteiger partial charge < -0.3 is 10.1 Å². The second kappa shape index (κ2) is 9.19. The summed E-state index contributed by atoms with van der Waals surface area (Å²) in [5.74, 6) is 0.539. The topological polar surface area (TPSA) is 64.1 Å². The number of anilines is 1. The van der Waals surface area contributed by atoms with Crippen LogP contribution in [0.4, 0.5) is 5.13 Å². The van der Waals surface area contributed by atoms with Crippen LogP contribution in [0.3, 0.4) is 0 Å². The van der Waals surface area contributed by atoms with Crippen LogP contribution in [0.25, 0.3) is 0 Å². The van der Waals surface area contributed by atoms with Crippen molar-refractivity contribution in [3.8, 4) is 0 Å².